The van der Waals surface area contributed by atoms with E-state index in [1.54, 1.807) is 31.4 Å². The van der Waals surface area contributed by atoms with E-state index in [1.807, 2.05) is 91.0 Å². The number of amides is 2. The molecule has 2 heterocycles. The molecule has 0 aliphatic carbocycles. The summed E-state index contributed by atoms with van der Waals surface area (Å²) < 4.78 is 16.8. The summed E-state index contributed by atoms with van der Waals surface area (Å²) in [5.41, 5.74) is 3.00. The summed E-state index contributed by atoms with van der Waals surface area (Å²) >= 11 is 1.19. The molecule has 2 unspecified atom stereocenters. The van der Waals surface area contributed by atoms with E-state index in [9.17, 15) is 19.2 Å². The highest BCUT2D eigenvalue weighted by Gasteiger charge is 2.58. The Hall–Kier alpha value is -5.35. The van der Waals surface area contributed by atoms with Gasteiger partial charge in [-0.2, -0.15) is 0 Å². The van der Waals surface area contributed by atoms with Gasteiger partial charge in [-0.05, 0) is 40.5 Å². The first kappa shape index (κ1) is 31.6. The van der Waals surface area contributed by atoms with Crippen molar-refractivity contribution in [1.82, 2.24) is 10.2 Å². The number of esters is 2. The Bertz CT molecular complexity index is 1730. The maximum absolute atomic E-state index is 13.9. The number of methoxy groups -OCH3 is 1. The maximum atomic E-state index is 13.9. The van der Waals surface area contributed by atoms with Crippen LogP contribution in [0.5, 0.6) is 5.75 Å². The van der Waals surface area contributed by atoms with Crippen molar-refractivity contribution < 1.29 is 33.4 Å². The number of hydrogen-bond donors (Lipinski definition) is 1. The van der Waals surface area contributed by atoms with Gasteiger partial charge in [-0.3, -0.25) is 19.3 Å². The van der Waals surface area contributed by atoms with Crippen LogP contribution in [0, 0.1) is 5.92 Å². The predicted molar refractivity (Wildman–Crippen MR) is 175 cm³/mol. The molecule has 1 fully saturated rings. The van der Waals surface area contributed by atoms with Crippen LogP contribution in [0.4, 0.5) is 0 Å². The van der Waals surface area contributed by atoms with Crippen molar-refractivity contribution >= 4 is 35.5 Å². The molecule has 3 atom stereocenters. The van der Waals surface area contributed by atoms with Crippen molar-refractivity contribution in [2.75, 3.05) is 7.11 Å². The summed E-state index contributed by atoms with van der Waals surface area (Å²) in [5.74, 6) is -2.82. The van der Waals surface area contributed by atoms with Crippen LogP contribution < -0.4 is 10.1 Å². The van der Waals surface area contributed by atoms with Crippen LogP contribution >= 0.6 is 11.8 Å². The number of β-lactam (4-membered cyclic amide) rings is 1. The molecule has 1 saturated heterocycles. The third-order valence-corrected chi connectivity index (χ3v) is 9.15. The zero-order chi connectivity index (χ0) is 32.8. The van der Waals surface area contributed by atoms with Gasteiger partial charge in [0, 0.05) is 0 Å². The molecule has 47 heavy (non-hydrogen) atoms. The summed E-state index contributed by atoms with van der Waals surface area (Å²) in [4.78, 5) is 55.0. The molecule has 0 bridgehead atoms. The van der Waals surface area contributed by atoms with Crippen LogP contribution in [0.25, 0.3) is 0 Å². The lowest BCUT2D eigenvalue weighted by molar-refractivity contribution is -0.169. The Morgan fingerprint density at radius 3 is 2.00 bits per heavy atom. The van der Waals surface area contributed by atoms with Crippen LogP contribution in [0.3, 0.4) is 0 Å². The topological polar surface area (TPSA) is 111 Å². The van der Waals surface area contributed by atoms with Crippen molar-refractivity contribution in [2.24, 2.45) is 5.92 Å². The van der Waals surface area contributed by atoms with E-state index in [-0.39, 0.29) is 24.6 Å². The molecule has 4 aromatic carbocycles. The minimum absolute atomic E-state index is 0.0399. The lowest BCUT2D eigenvalue weighted by atomic mass is 9.96. The fraction of sp³-hybridized carbons (Fsp3) is 0.189. The standard InChI is InChI=1S/C37H32N2O7S/c1-44-28-19-17-25(18-20-28)23-45-37(43)32-34(41)39-29(22-31(47-35(32)39)38-30(40)21-24-11-5-2-6-12-24)36(42)46-33(26-13-7-3-8-14-26)27-15-9-4-10-16-27/h2-20,22,31-33,35H,21,23H2,1H3,(H,38,40)/t31?,32?,35-/m1/s1. The van der Waals surface area contributed by atoms with Crippen molar-refractivity contribution in [3.63, 3.8) is 0 Å². The van der Waals surface area contributed by atoms with E-state index in [4.69, 9.17) is 14.2 Å². The van der Waals surface area contributed by atoms with Gasteiger partial charge in [0.1, 0.15) is 23.4 Å². The molecular weight excluding hydrogens is 616 g/mol. The van der Waals surface area contributed by atoms with Gasteiger partial charge >= 0.3 is 11.9 Å². The van der Waals surface area contributed by atoms with Gasteiger partial charge in [-0.25, -0.2) is 4.79 Å². The molecule has 2 aliphatic heterocycles. The average Bonchev–Trinajstić information content (AvgIpc) is 3.10. The Labute approximate surface area is 276 Å². The molecule has 2 amide bonds. The average molecular weight is 649 g/mol. The normalized spacial score (nSPS) is 18.3. The second-order valence-corrected chi connectivity index (χ2v) is 12.2. The zero-order valence-electron chi connectivity index (χ0n) is 25.5. The largest absolute Gasteiger partial charge is 0.497 e. The molecule has 9 nitrogen and oxygen atoms in total. The van der Waals surface area contributed by atoms with Crippen molar-refractivity contribution in [3.8, 4) is 5.75 Å². The molecule has 0 radical (unpaired) electrons. The number of benzene rings is 4. The molecule has 0 saturated carbocycles. The number of carbonyl (C=O) groups is 4. The second kappa shape index (κ2) is 14.4. The van der Waals surface area contributed by atoms with Gasteiger partial charge in [0.15, 0.2) is 12.0 Å². The number of nitrogens with zero attached hydrogens (tertiary/aromatic N) is 1. The molecule has 0 spiro atoms. The summed E-state index contributed by atoms with van der Waals surface area (Å²) in [6, 6.07) is 34.9. The molecule has 0 aromatic heterocycles. The first-order valence-electron chi connectivity index (χ1n) is 15.1. The van der Waals surface area contributed by atoms with E-state index in [2.05, 4.69) is 5.32 Å². The molecule has 1 N–H and O–H groups in total. The van der Waals surface area contributed by atoms with Crippen molar-refractivity contribution in [1.29, 1.82) is 0 Å². The Balaban J connectivity index is 1.23. The first-order valence-corrected chi connectivity index (χ1v) is 16.0. The quantitative estimate of drug-likeness (QED) is 0.135. The van der Waals surface area contributed by atoms with Crippen molar-refractivity contribution in [3.05, 3.63) is 149 Å². The highest BCUT2D eigenvalue weighted by molar-refractivity contribution is 8.00. The van der Waals surface area contributed by atoms with Crippen LogP contribution in [0.15, 0.2) is 127 Å². The van der Waals surface area contributed by atoms with Gasteiger partial charge in [-0.15, -0.1) is 11.8 Å². The summed E-state index contributed by atoms with van der Waals surface area (Å²) in [6.45, 7) is -0.0399. The minimum Gasteiger partial charge on any atom is -0.497 e. The minimum atomic E-state index is -1.16. The third-order valence-electron chi connectivity index (χ3n) is 7.84. The number of fused-ring (bicyclic) bond motifs is 1. The van der Waals surface area contributed by atoms with Crippen LogP contribution in [0.2, 0.25) is 0 Å². The van der Waals surface area contributed by atoms with Gasteiger partial charge in [0.2, 0.25) is 11.8 Å². The SMILES string of the molecule is COc1ccc(COC(=O)C2C(=O)N3C(C(=O)OC(c4ccccc4)c4ccccc4)=CC(NC(=O)Cc4ccccc4)S[C@H]23)cc1. The van der Waals surface area contributed by atoms with E-state index in [0.29, 0.717) is 5.75 Å². The van der Waals surface area contributed by atoms with E-state index < -0.39 is 40.6 Å². The van der Waals surface area contributed by atoms with Crippen LogP contribution in [0.1, 0.15) is 28.4 Å². The number of thioether (sulfide) groups is 1. The van der Waals surface area contributed by atoms with Gasteiger partial charge in [0.05, 0.1) is 18.9 Å². The predicted octanol–water partition coefficient (Wildman–Crippen LogP) is 5.17. The second-order valence-electron chi connectivity index (χ2n) is 11.0. The van der Waals surface area contributed by atoms with Gasteiger partial charge in [0.25, 0.3) is 0 Å². The Kier molecular flexibility index (Phi) is 9.68. The van der Waals surface area contributed by atoms with Gasteiger partial charge < -0.3 is 19.5 Å². The molecule has 10 heteroatoms. The fourth-order valence-corrected chi connectivity index (χ4v) is 6.87. The molecule has 4 aromatic rings. The highest BCUT2D eigenvalue weighted by Crippen LogP contribution is 2.45. The molecule has 238 valence electrons. The molecule has 2 aliphatic rings. The lowest BCUT2D eigenvalue weighted by Gasteiger charge is -2.48. The molecular formula is C37H32N2O7S. The Morgan fingerprint density at radius 2 is 1.40 bits per heavy atom. The zero-order valence-corrected chi connectivity index (χ0v) is 26.3. The lowest BCUT2D eigenvalue weighted by Crippen LogP contribution is -2.65. The number of ether oxygens (including phenoxy) is 3. The monoisotopic (exact) mass is 648 g/mol. The summed E-state index contributed by atoms with van der Waals surface area (Å²) in [5, 5.41) is 1.43. The summed E-state index contributed by atoms with van der Waals surface area (Å²) in [6.07, 6.45) is 0.874. The third kappa shape index (κ3) is 7.23. The number of rotatable bonds is 11. The van der Waals surface area contributed by atoms with Crippen molar-refractivity contribution in [2.45, 2.75) is 29.9 Å². The number of nitrogens with one attached hydrogen (secondary N) is 1. The highest BCUT2D eigenvalue weighted by atomic mass is 32.2. The molecule has 6 rings (SSSR count). The van der Waals surface area contributed by atoms with E-state index in [0.717, 1.165) is 22.3 Å². The summed E-state index contributed by atoms with van der Waals surface area (Å²) in [7, 11) is 1.56. The number of carbonyl (C=O) groups excluding carboxylic acids is 4. The van der Waals surface area contributed by atoms with Gasteiger partial charge in [-0.1, -0.05) is 103 Å². The van der Waals surface area contributed by atoms with E-state index in [1.165, 1.54) is 22.7 Å². The smallest absolute Gasteiger partial charge is 0.355 e. The Morgan fingerprint density at radius 1 is 0.809 bits per heavy atom. The number of hydrogen-bond acceptors (Lipinski definition) is 8. The van der Waals surface area contributed by atoms with Crippen LogP contribution in [-0.2, 0) is 41.7 Å². The maximum Gasteiger partial charge on any atom is 0.355 e. The van der Waals surface area contributed by atoms with E-state index >= 15 is 0 Å². The first-order chi connectivity index (χ1) is 22.9. The van der Waals surface area contributed by atoms with Crippen LogP contribution in [-0.4, -0.2) is 46.5 Å². The fourth-order valence-electron chi connectivity index (χ4n) is 5.44.